The fourth-order valence-electron chi connectivity index (χ4n) is 1.34. The molecular weight excluding hydrogens is 244 g/mol. The predicted octanol–water partition coefficient (Wildman–Crippen LogP) is 1.49. The summed E-state index contributed by atoms with van der Waals surface area (Å²) in [5, 5.41) is 5.39. The topological polar surface area (TPSA) is 71.3 Å². The van der Waals surface area contributed by atoms with Crippen molar-refractivity contribution in [2.75, 3.05) is 13.1 Å². The standard InChI is InChI=1S/C14H20N2O3/c1-10(2)14(18)16-9-8-15-13(17)7-6-12-5-4-11(3)19-12/h4-7,10H,8-9H2,1-3H3,(H,15,17)(H,16,18)/b7-6+. The highest BCUT2D eigenvalue weighted by Crippen LogP contribution is 2.07. The minimum Gasteiger partial charge on any atom is -0.462 e. The monoisotopic (exact) mass is 264 g/mol. The zero-order valence-electron chi connectivity index (χ0n) is 11.5. The van der Waals surface area contributed by atoms with Gasteiger partial charge in [-0.3, -0.25) is 9.59 Å². The fourth-order valence-corrected chi connectivity index (χ4v) is 1.34. The molecule has 104 valence electrons. The van der Waals surface area contributed by atoms with Crippen molar-refractivity contribution in [3.8, 4) is 0 Å². The summed E-state index contributed by atoms with van der Waals surface area (Å²) in [4.78, 5) is 22.7. The van der Waals surface area contributed by atoms with Crippen molar-refractivity contribution < 1.29 is 14.0 Å². The highest BCUT2D eigenvalue weighted by Gasteiger charge is 2.04. The largest absolute Gasteiger partial charge is 0.462 e. The molecule has 0 aliphatic carbocycles. The smallest absolute Gasteiger partial charge is 0.244 e. The van der Waals surface area contributed by atoms with Crippen LogP contribution in [0.15, 0.2) is 22.6 Å². The molecule has 0 saturated carbocycles. The molecule has 0 bridgehead atoms. The Hall–Kier alpha value is -2.04. The number of rotatable bonds is 6. The molecule has 0 aliphatic rings. The number of furan rings is 1. The minimum atomic E-state index is -0.215. The van der Waals surface area contributed by atoms with E-state index in [1.54, 1.807) is 12.1 Å². The molecule has 0 aromatic carbocycles. The lowest BCUT2D eigenvalue weighted by Gasteiger charge is -2.07. The van der Waals surface area contributed by atoms with E-state index in [2.05, 4.69) is 10.6 Å². The molecule has 1 aromatic rings. The van der Waals surface area contributed by atoms with E-state index in [1.165, 1.54) is 6.08 Å². The first kappa shape index (κ1) is 15.0. The minimum absolute atomic E-state index is 0.0177. The number of carbonyl (C=O) groups is 2. The fraction of sp³-hybridized carbons (Fsp3) is 0.429. The highest BCUT2D eigenvalue weighted by atomic mass is 16.3. The number of aryl methyl sites for hydroxylation is 1. The van der Waals surface area contributed by atoms with E-state index < -0.39 is 0 Å². The second-order valence-corrected chi connectivity index (χ2v) is 4.52. The maximum Gasteiger partial charge on any atom is 0.244 e. The first-order valence-electron chi connectivity index (χ1n) is 6.29. The number of nitrogens with one attached hydrogen (secondary N) is 2. The van der Waals surface area contributed by atoms with Crippen LogP contribution in [-0.2, 0) is 9.59 Å². The molecule has 0 atom stereocenters. The van der Waals surface area contributed by atoms with Gasteiger partial charge in [-0.05, 0) is 25.1 Å². The molecule has 0 aliphatic heterocycles. The molecule has 2 N–H and O–H groups in total. The van der Waals surface area contributed by atoms with Crippen LogP contribution in [0.1, 0.15) is 25.4 Å². The Balaban J connectivity index is 2.21. The van der Waals surface area contributed by atoms with Crippen LogP contribution in [0.5, 0.6) is 0 Å². The van der Waals surface area contributed by atoms with E-state index >= 15 is 0 Å². The molecule has 5 heteroatoms. The van der Waals surface area contributed by atoms with Crippen LogP contribution in [0.2, 0.25) is 0 Å². The molecule has 0 radical (unpaired) electrons. The summed E-state index contributed by atoms with van der Waals surface area (Å²) in [6.07, 6.45) is 3.01. The molecular formula is C14H20N2O3. The SMILES string of the molecule is Cc1ccc(/C=C/C(=O)NCCNC(=O)C(C)C)o1. The summed E-state index contributed by atoms with van der Waals surface area (Å²) in [6, 6.07) is 3.63. The van der Waals surface area contributed by atoms with Gasteiger partial charge in [0.15, 0.2) is 0 Å². The van der Waals surface area contributed by atoms with Crippen molar-refractivity contribution >= 4 is 17.9 Å². The summed E-state index contributed by atoms with van der Waals surface area (Å²) in [5.74, 6) is 1.17. The van der Waals surface area contributed by atoms with Gasteiger partial charge in [-0.1, -0.05) is 13.8 Å². The van der Waals surface area contributed by atoms with Crippen LogP contribution in [-0.4, -0.2) is 24.9 Å². The normalized spacial score (nSPS) is 10.9. The maximum absolute atomic E-state index is 11.4. The predicted molar refractivity (Wildman–Crippen MR) is 73.3 cm³/mol. The Morgan fingerprint density at radius 2 is 1.95 bits per heavy atom. The summed E-state index contributed by atoms with van der Waals surface area (Å²) in [7, 11) is 0. The summed E-state index contributed by atoms with van der Waals surface area (Å²) < 4.78 is 5.29. The Bertz CT molecular complexity index is 461. The van der Waals surface area contributed by atoms with Crippen LogP contribution in [0.4, 0.5) is 0 Å². The number of amides is 2. The van der Waals surface area contributed by atoms with E-state index in [0.29, 0.717) is 18.8 Å². The highest BCUT2D eigenvalue weighted by molar-refractivity contribution is 5.91. The third-order valence-electron chi connectivity index (χ3n) is 2.41. The van der Waals surface area contributed by atoms with Crippen LogP contribution >= 0.6 is 0 Å². The van der Waals surface area contributed by atoms with Gasteiger partial charge in [0.05, 0.1) is 0 Å². The molecule has 1 heterocycles. The molecule has 0 spiro atoms. The van der Waals surface area contributed by atoms with Crippen molar-refractivity contribution in [3.63, 3.8) is 0 Å². The number of hydrogen-bond acceptors (Lipinski definition) is 3. The van der Waals surface area contributed by atoms with E-state index in [-0.39, 0.29) is 17.7 Å². The lowest BCUT2D eigenvalue weighted by atomic mass is 10.2. The van der Waals surface area contributed by atoms with E-state index in [9.17, 15) is 9.59 Å². The Morgan fingerprint density at radius 1 is 1.26 bits per heavy atom. The van der Waals surface area contributed by atoms with Crippen LogP contribution < -0.4 is 10.6 Å². The van der Waals surface area contributed by atoms with Gasteiger partial charge < -0.3 is 15.1 Å². The van der Waals surface area contributed by atoms with E-state index in [1.807, 2.05) is 26.8 Å². The van der Waals surface area contributed by atoms with E-state index in [4.69, 9.17) is 4.42 Å². The summed E-state index contributed by atoms with van der Waals surface area (Å²) in [5.41, 5.74) is 0. The van der Waals surface area contributed by atoms with Crippen molar-refractivity contribution in [2.24, 2.45) is 5.92 Å². The Kier molecular flexibility index (Phi) is 5.85. The molecule has 19 heavy (non-hydrogen) atoms. The van der Waals surface area contributed by atoms with Gasteiger partial charge in [0.1, 0.15) is 11.5 Å². The van der Waals surface area contributed by atoms with Crippen LogP contribution in [0.3, 0.4) is 0 Å². The average molecular weight is 264 g/mol. The summed E-state index contributed by atoms with van der Waals surface area (Å²) >= 11 is 0. The Morgan fingerprint density at radius 3 is 2.53 bits per heavy atom. The van der Waals surface area contributed by atoms with Gasteiger partial charge in [0.2, 0.25) is 11.8 Å². The quantitative estimate of drug-likeness (QED) is 0.604. The third kappa shape index (κ3) is 5.90. The number of carbonyl (C=O) groups excluding carboxylic acids is 2. The molecule has 0 unspecified atom stereocenters. The van der Waals surface area contributed by atoms with Crippen LogP contribution in [0, 0.1) is 12.8 Å². The zero-order chi connectivity index (χ0) is 14.3. The lowest BCUT2D eigenvalue weighted by Crippen LogP contribution is -2.35. The molecule has 1 rings (SSSR count). The summed E-state index contributed by atoms with van der Waals surface area (Å²) in [6.45, 7) is 6.31. The van der Waals surface area contributed by atoms with Gasteiger partial charge >= 0.3 is 0 Å². The van der Waals surface area contributed by atoms with Crippen LogP contribution in [0.25, 0.3) is 6.08 Å². The van der Waals surface area contributed by atoms with Crippen molar-refractivity contribution in [3.05, 3.63) is 29.7 Å². The molecule has 5 nitrogen and oxygen atoms in total. The lowest BCUT2D eigenvalue weighted by molar-refractivity contribution is -0.124. The number of hydrogen-bond donors (Lipinski definition) is 2. The van der Waals surface area contributed by atoms with Gasteiger partial charge in [-0.15, -0.1) is 0 Å². The first-order chi connectivity index (χ1) is 8.99. The Labute approximate surface area is 113 Å². The first-order valence-corrected chi connectivity index (χ1v) is 6.29. The zero-order valence-corrected chi connectivity index (χ0v) is 11.5. The van der Waals surface area contributed by atoms with Gasteiger partial charge in [0.25, 0.3) is 0 Å². The second-order valence-electron chi connectivity index (χ2n) is 4.52. The van der Waals surface area contributed by atoms with Gasteiger partial charge in [-0.25, -0.2) is 0 Å². The maximum atomic E-state index is 11.4. The second kappa shape index (κ2) is 7.41. The third-order valence-corrected chi connectivity index (χ3v) is 2.41. The van der Waals surface area contributed by atoms with Crippen molar-refractivity contribution in [1.29, 1.82) is 0 Å². The molecule has 0 fully saturated rings. The molecule has 0 saturated heterocycles. The average Bonchev–Trinajstić information content (AvgIpc) is 2.77. The van der Waals surface area contributed by atoms with Gasteiger partial charge in [0, 0.05) is 25.1 Å². The van der Waals surface area contributed by atoms with Crippen molar-refractivity contribution in [1.82, 2.24) is 10.6 Å². The van der Waals surface area contributed by atoms with E-state index in [0.717, 1.165) is 5.76 Å². The molecule has 2 amide bonds. The van der Waals surface area contributed by atoms with Crippen molar-refractivity contribution in [2.45, 2.75) is 20.8 Å². The molecule has 1 aromatic heterocycles. The van der Waals surface area contributed by atoms with Gasteiger partial charge in [-0.2, -0.15) is 0 Å².